The van der Waals surface area contributed by atoms with Gasteiger partial charge in [-0.05, 0) is 41.6 Å². The second kappa shape index (κ2) is 5.17. The van der Waals surface area contributed by atoms with Crippen molar-refractivity contribution in [2.45, 2.75) is 6.92 Å². The summed E-state index contributed by atoms with van der Waals surface area (Å²) in [6, 6.07) is 6.53. The first-order chi connectivity index (χ1) is 8.66. The third kappa shape index (κ3) is 2.76. The van der Waals surface area contributed by atoms with Crippen LogP contribution in [0.3, 0.4) is 0 Å². The number of hydrogen-bond donors (Lipinski definition) is 0. The van der Waals surface area contributed by atoms with Gasteiger partial charge in [0.1, 0.15) is 12.9 Å². The molecule has 0 radical (unpaired) electrons. The van der Waals surface area contributed by atoms with Crippen molar-refractivity contribution >= 4 is 11.8 Å². The first-order valence-corrected chi connectivity index (χ1v) is 5.17. The number of rotatable bonds is 4. The third-order valence-corrected chi connectivity index (χ3v) is 2.12. The van der Waals surface area contributed by atoms with Crippen molar-refractivity contribution in [3.05, 3.63) is 36.2 Å². The smallest absolute Gasteiger partial charge is 0.338 e. The zero-order valence-electron chi connectivity index (χ0n) is 9.61. The highest BCUT2D eigenvalue weighted by molar-refractivity contribution is 5.91. The van der Waals surface area contributed by atoms with E-state index in [1.54, 1.807) is 24.3 Å². The molecular weight excluding hydrogens is 236 g/mol. The Balaban J connectivity index is 2.08. The Morgan fingerprint density at radius 2 is 2.00 bits per heavy atom. The number of esters is 1. The third-order valence-electron chi connectivity index (χ3n) is 2.12. The molecule has 1 heterocycles. The summed E-state index contributed by atoms with van der Waals surface area (Å²) in [5.41, 5.74) is 1.09. The van der Waals surface area contributed by atoms with Crippen LogP contribution in [-0.4, -0.2) is 38.6 Å². The van der Waals surface area contributed by atoms with Gasteiger partial charge in [-0.1, -0.05) is 0 Å². The lowest BCUT2D eigenvalue weighted by Gasteiger charge is -2.03. The summed E-state index contributed by atoms with van der Waals surface area (Å²) < 4.78 is 6.25. The average Bonchev–Trinajstić information content (AvgIpc) is 2.90. The van der Waals surface area contributed by atoms with Crippen LogP contribution in [0.2, 0.25) is 0 Å². The molecule has 1 aromatic heterocycles. The molecule has 0 unspecified atom stereocenters. The zero-order valence-corrected chi connectivity index (χ0v) is 9.61. The zero-order chi connectivity index (χ0) is 13.0. The van der Waals surface area contributed by atoms with Gasteiger partial charge in [-0.15, -0.1) is 5.10 Å². The number of ether oxygens (including phenoxy) is 1. The second-order valence-electron chi connectivity index (χ2n) is 3.58. The molecule has 92 valence electrons. The van der Waals surface area contributed by atoms with Crippen LogP contribution in [0.4, 0.5) is 0 Å². The van der Waals surface area contributed by atoms with Crippen molar-refractivity contribution in [2.75, 3.05) is 6.61 Å². The molecule has 0 N–H and O–H groups in total. The van der Waals surface area contributed by atoms with Gasteiger partial charge in [0.15, 0.2) is 5.78 Å². The van der Waals surface area contributed by atoms with Gasteiger partial charge in [-0.25, -0.2) is 9.48 Å². The molecule has 0 atom stereocenters. The van der Waals surface area contributed by atoms with Gasteiger partial charge in [-0.3, -0.25) is 4.79 Å². The van der Waals surface area contributed by atoms with E-state index in [2.05, 4.69) is 15.5 Å². The molecule has 0 fully saturated rings. The standard InChI is InChI=1S/C11H10N4O3/c1-8(16)6-18-11(17)9-2-4-10(5-3-9)15-7-12-13-14-15/h2-5,7H,6H2,1H3. The fourth-order valence-corrected chi connectivity index (χ4v) is 1.28. The molecule has 0 aliphatic carbocycles. The van der Waals surface area contributed by atoms with Gasteiger partial charge in [0.05, 0.1) is 11.3 Å². The summed E-state index contributed by atoms with van der Waals surface area (Å²) in [6.07, 6.45) is 1.45. The average molecular weight is 246 g/mol. The Labute approximate surface area is 102 Å². The number of benzene rings is 1. The molecular formula is C11H10N4O3. The van der Waals surface area contributed by atoms with Gasteiger partial charge >= 0.3 is 5.97 Å². The van der Waals surface area contributed by atoms with Crippen LogP contribution in [0.1, 0.15) is 17.3 Å². The Morgan fingerprint density at radius 3 is 2.56 bits per heavy atom. The van der Waals surface area contributed by atoms with Crippen molar-refractivity contribution in [3.63, 3.8) is 0 Å². The maximum atomic E-state index is 11.5. The lowest BCUT2D eigenvalue weighted by molar-refractivity contribution is -0.120. The highest BCUT2D eigenvalue weighted by atomic mass is 16.5. The van der Waals surface area contributed by atoms with E-state index in [4.69, 9.17) is 4.74 Å². The van der Waals surface area contributed by atoms with E-state index in [-0.39, 0.29) is 12.4 Å². The van der Waals surface area contributed by atoms with Crippen LogP contribution in [0.5, 0.6) is 0 Å². The molecule has 0 amide bonds. The molecule has 1 aromatic carbocycles. The minimum absolute atomic E-state index is 0.200. The second-order valence-corrected chi connectivity index (χ2v) is 3.58. The lowest BCUT2D eigenvalue weighted by Crippen LogP contribution is -2.11. The number of tetrazole rings is 1. The molecule has 2 aromatic rings. The summed E-state index contributed by atoms with van der Waals surface area (Å²) in [5.74, 6) is -0.734. The molecule has 0 bridgehead atoms. The first kappa shape index (κ1) is 11.9. The van der Waals surface area contributed by atoms with E-state index >= 15 is 0 Å². The van der Waals surface area contributed by atoms with E-state index in [1.807, 2.05) is 0 Å². The number of carbonyl (C=O) groups excluding carboxylic acids is 2. The number of aromatic nitrogens is 4. The van der Waals surface area contributed by atoms with E-state index in [1.165, 1.54) is 17.9 Å². The summed E-state index contributed by atoms with van der Waals surface area (Å²) >= 11 is 0. The van der Waals surface area contributed by atoms with Crippen LogP contribution in [0.15, 0.2) is 30.6 Å². The van der Waals surface area contributed by atoms with Crippen molar-refractivity contribution in [1.29, 1.82) is 0 Å². The largest absolute Gasteiger partial charge is 0.454 e. The van der Waals surface area contributed by atoms with Crippen LogP contribution >= 0.6 is 0 Å². The molecule has 0 spiro atoms. The Hall–Kier alpha value is -2.57. The minimum atomic E-state index is -0.534. The van der Waals surface area contributed by atoms with Gasteiger partial charge in [0, 0.05) is 0 Å². The predicted octanol–water partition coefficient (Wildman–Crippen LogP) is 0.408. The van der Waals surface area contributed by atoms with Gasteiger partial charge in [-0.2, -0.15) is 0 Å². The van der Waals surface area contributed by atoms with Crippen molar-refractivity contribution in [1.82, 2.24) is 20.2 Å². The molecule has 0 saturated heterocycles. The van der Waals surface area contributed by atoms with Crippen molar-refractivity contribution < 1.29 is 14.3 Å². The quantitative estimate of drug-likeness (QED) is 0.726. The lowest BCUT2D eigenvalue weighted by atomic mass is 10.2. The fraction of sp³-hybridized carbons (Fsp3) is 0.182. The van der Waals surface area contributed by atoms with Gasteiger partial charge in [0.25, 0.3) is 0 Å². The Morgan fingerprint density at radius 1 is 1.28 bits per heavy atom. The van der Waals surface area contributed by atoms with Crippen LogP contribution in [0, 0.1) is 0 Å². The fourth-order valence-electron chi connectivity index (χ4n) is 1.28. The molecule has 7 nitrogen and oxygen atoms in total. The van der Waals surface area contributed by atoms with E-state index < -0.39 is 5.97 Å². The number of carbonyl (C=O) groups is 2. The number of nitrogens with zero attached hydrogens (tertiary/aromatic N) is 4. The van der Waals surface area contributed by atoms with Crippen LogP contribution in [0.25, 0.3) is 5.69 Å². The van der Waals surface area contributed by atoms with Crippen LogP contribution < -0.4 is 0 Å². The maximum absolute atomic E-state index is 11.5. The molecule has 7 heteroatoms. The van der Waals surface area contributed by atoms with E-state index in [9.17, 15) is 9.59 Å². The monoisotopic (exact) mass is 246 g/mol. The SMILES string of the molecule is CC(=O)COC(=O)c1ccc(-n2cnnn2)cc1. The summed E-state index contributed by atoms with van der Waals surface area (Å²) in [7, 11) is 0. The molecule has 18 heavy (non-hydrogen) atoms. The van der Waals surface area contributed by atoms with Gasteiger partial charge < -0.3 is 4.74 Å². The molecule has 0 aliphatic heterocycles. The normalized spacial score (nSPS) is 10.1. The first-order valence-electron chi connectivity index (χ1n) is 5.17. The van der Waals surface area contributed by atoms with Crippen molar-refractivity contribution in [2.24, 2.45) is 0 Å². The van der Waals surface area contributed by atoms with Crippen LogP contribution in [-0.2, 0) is 9.53 Å². The van der Waals surface area contributed by atoms with Crippen molar-refractivity contribution in [3.8, 4) is 5.69 Å². The number of hydrogen-bond acceptors (Lipinski definition) is 6. The topological polar surface area (TPSA) is 87.0 Å². The highest BCUT2D eigenvalue weighted by Crippen LogP contribution is 2.08. The number of ketones is 1. The Kier molecular flexibility index (Phi) is 3.42. The Bertz CT molecular complexity index is 548. The van der Waals surface area contributed by atoms with Gasteiger partial charge in [0.2, 0.25) is 0 Å². The van der Waals surface area contributed by atoms with E-state index in [0.717, 1.165) is 5.69 Å². The predicted molar refractivity (Wildman–Crippen MR) is 60.1 cm³/mol. The summed E-state index contributed by atoms with van der Waals surface area (Å²) in [5, 5.41) is 10.7. The molecule has 2 rings (SSSR count). The molecule has 0 saturated carbocycles. The highest BCUT2D eigenvalue weighted by Gasteiger charge is 2.08. The summed E-state index contributed by atoms with van der Waals surface area (Å²) in [4.78, 5) is 22.2. The maximum Gasteiger partial charge on any atom is 0.338 e. The minimum Gasteiger partial charge on any atom is -0.454 e. The summed E-state index contributed by atoms with van der Waals surface area (Å²) in [6.45, 7) is 1.14. The molecule has 0 aliphatic rings. The van der Waals surface area contributed by atoms with E-state index in [0.29, 0.717) is 5.56 Å². The number of Topliss-reactive ketones (excluding diaryl/α,β-unsaturated/α-hetero) is 1.